The molecule has 2 aliphatic rings. The van der Waals surface area contributed by atoms with Gasteiger partial charge in [-0.25, -0.2) is 4.98 Å². The minimum atomic E-state index is -0.398. The molecule has 0 bridgehead atoms. The van der Waals surface area contributed by atoms with E-state index in [1.165, 1.54) is 11.8 Å². The van der Waals surface area contributed by atoms with Crippen LogP contribution in [0.1, 0.15) is 23.2 Å². The SMILES string of the molecule is COCCN1CCC2(CCN(C(=O)c3cccnc3SC)C2)C1=O. The fourth-order valence-electron chi connectivity index (χ4n) is 3.62. The van der Waals surface area contributed by atoms with Crippen molar-refractivity contribution < 1.29 is 14.3 Å². The van der Waals surface area contributed by atoms with Gasteiger partial charge in [-0.05, 0) is 31.2 Å². The average molecular weight is 349 g/mol. The van der Waals surface area contributed by atoms with Crippen LogP contribution < -0.4 is 0 Å². The summed E-state index contributed by atoms with van der Waals surface area (Å²) in [5, 5.41) is 0.739. The van der Waals surface area contributed by atoms with Crippen LogP contribution in [0.5, 0.6) is 0 Å². The summed E-state index contributed by atoms with van der Waals surface area (Å²) in [6.07, 6.45) is 5.18. The lowest BCUT2D eigenvalue weighted by Gasteiger charge is -2.24. The average Bonchev–Trinajstić information content (AvgIpc) is 3.18. The van der Waals surface area contributed by atoms with E-state index in [1.54, 1.807) is 19.4 Å². The fourth-order valence-corrected chi connectivity index (χ4v) is 4.16. The molecule has 6 nitrogen and oxygen atoms in total. The van der Waals surface area contributed by atoms with Gasteiger partial charge in [-0.15, -0.1) is 11.8 Å². The van der Waals surface area contributed by atoms with Crippen LogP contribution in [0.4, 0.5) is 0 Å². The molecule has 3 heterocycles. The molecule has 2 amide bonds. The summed E-state index contributed by atoms with van der Waals surface area (Å²) < 4.78 is 5.08. The number of pyridine rings is 1. The second-order valence-electron chi connectivity index (χ2n) is 6.35. The van der Waals surface area contributed by atoms with Gasteiger partial charge >= 0.3 is 0 Å². The van der Waals surface area contributed by atoms with Crippen molar-refractivity contribution in [3.63, 3.8) is 0 Å². The van der Waals surface area contributed by atoms with E-state index in [-0.39, 0.29) is 11.8 Å². The molecule has 1 spiro atoms. The zero-order valence-corrected chi connectivity index (χ0v) is 15.0. The van der Waals surface area contributed by atoms with Crippen LogP contribution in [-0.4, -0.2) is 72.7 Å². The molecule has 24 heavy (non-hydrogen) atoms. The third kappa shape index (κ3) is 3.02. The minimum absolute atomic E-state index is 0.0209. The number of ether oxygens (including phenoxy) is 1. The Hall–Kier alpha value is -1.60. The van der Waals surface area contributed by atoms with Crippen molar-refractivity contribution in [3.8, 4) is 0 Å². The molecule has 1 unspecified atom stereocenters. The molecule has 0 aliphatic carbocycles. The van der Waals surface area contributed by atoms with Crippen molar-refractivity contribution in [2.24, 2.45) is 5.41 Å². The summed E-state index contributed by atoms with van der Waals surface area (Å²) in [4.78, 5) is 33.6. The lowest BCUT2D eigenvalue weighted by molar-refractivity contribution is -0.135. The maximum absolute atomic E-state index is 12.9. The summed E-state index contributed by atoms with van der Waals surface area (Å²) >= 11 is 1.47. The Morgan fingerprint density at radius 2 is 2.21 bits per heavy atom. The van der Waals surface area contributed by atoms with Gasteiger partial charge in [-0.1, -0.05) is 0 Å². The van der Waals surface area contributed by atoms with E-state index >= 15 is 0 Å². The molecule has 3 rings (SSSR count). The number of aromatic nitrogens is 1. The van der Waals surface area contributed by atoms with E-state index in [2.05, 4.69) is 4.98 Å². The number of carbonyl (C=O) groups excluding carboxylic acids is 2. The van der Waals surface area contributed by atoms with Gasteiger partial charge in [0.05, 0.1) is 17.6 Å². The largest absolute Gasteiger partial charge is 0.383 e. The highest BCUT2D eigenvalue weighted by Crippen LogP contribution is 2.41. The number of thioether (sulfide) groups is 1. The van der Waals surface area contributed by atoms with Crippen LogP contribution in [0.2, 0.25) is 0 Å². The second-order valence-corrected chi connectivity index (χ2v) is 7.15. The Balaban J connectivity index is 1.71. The van der Waals surface area contributed by atoms with E-state index < -0.39 is 5.41 Å². The van der Waals surface area contributed by atoms with E-state index in [0.29, 0.717) is 31.8 Å². The van der Waals surface area contributed by atoms with Gasteiger partial charge in [0, 0.05) is 39.5 Å². The number of methoxy groups -OCH3 is 1. The van der Waals surface area contributed by atoms with Crippen molar-refractivity contribution >= 4 is 23.6 Å². The molecule has 0 radical (unpaired) electrons. The van der Waals surface area contributed by atoms with Gasteiger partial charge < -0.3 is 14.5 Å². The number of amides is 2. The zero-order chi connectivity index (χ0) is 17.2. The lowest BCUT2D eigenvalue weighted by atomic mass is 9.85. The quantitative estimate of drug-likeness (QED) is 0.754. The first-order chi connectivity index (χ1) is 11.6. The Morgan fingerprint density at radius 3 is 2.96 bits per heavy atom. The topological polar surface area (TPSA) is 62.7 Å². The number of rotatable bonds is 5. The number of nitrogens with zero attached hydrogens (tertiary/aromatic N) is 3. The van der Waals surface area contributed by atoms with Crippen molar-refractivity contribution in [2.45, 2.75) is 17.9 Å². The molecule has 0 saturated carbocycles. The van der Waals surface area contributed by atoms with Gasteiger partial charge in [0.2, 0.25) is 5.91 Å². The van der Waals surface area contributed by atoms with Crippen LogP contribution in [0.15, 0.2) is 23.4 Å². The molecular formula is C17H23N3O3S. The first-order valence-corrected chi connectivity index (χ1v) is 9.40. The monoisotopic (exact) mass is 349 g/mol. The Morgan fingerprint density at radius 1 is 1.42 bits per heavy atom. The normalized spacial score (nSPS) is 23.5. The van der Waals surface area contributed by atoms with Crippen LogP contribution in [0.3, 0.4) is 0 Å². The van der Waals surface area contributed by atoms with Crippen LogP contribution in [0.25, 0.3) is 0 Å². The van der Waals surface area contributed by atoms with E-state index in [4.69, 9.17) is 4.74 Å². The minimum Gasteiger partial charge on any atom is -0.383 e. The maximum atomic E-state index is 12.9. The van der Waals surface area contributed by atoms with Gasteiger partial charge in [0.15, 0.2) is 0 Å². The summed E-state index contributed by atoms with van der Waals surface area (Å²) in [5.74, 6) is 0.151. The molecule has 1 aromatic rings. The summed E-state index contributed by atoms with van der Waals surface area (Å²) in [6.45, 7) is 3.08. The van der Waals surface area contributed by atoms with Crippen molar-refractivity contribution in [2.75, 3.05) is 46.2 Å². The molecule has 2 aliphatic heterocycles. The first-order valence-electron chi connectivity index (χ1n) is 8.18. The van der Waals surface area contributed by atoms with Crippen molar-refractivity contribution in [1.82, 2.24) is 14.8 Å². The third-order valence-electron chi connectivity index (χ3n) is 5.00. The van der Waals surface area contributed by atoms with Gasteiger partial charge in [0.1, 0.15) is 5.03 Å². The van der Waals surface area contributed by atoms with Gasteiger partial charge in [-0.2, -0.15) is 0 Å². The molecule has 1 atom stereocenters. The highest BCUT2D eigenvalue weighted by Gasteiger charge is 2.51. The van der Waals surface area contributed by atoms with Crippen LogP contribution in [-0.2, 0) is 9.53 Å². The third-order valence-corrected chi connectivity index (χ3v) is 5.71. The number of hydrogen-bond acceptors (Lipinski definition) is 5. The standard InChI is InChI=1S/C17H23N3O3S/c1-23-11-10-19-8-5-17(16(19)22)6-9-20(12-17)15(21)13-4-3-7-18-14(13)24-2/h3-4,7H,5-6,8-12H2,1-2H3. The molecule has 7 heteroatoms. The molecule has 130 valence electrons. The van der Waals surface area contributed by atoms with Gasteiger partial charge in [-0.3, -0.25) is 9.59 Å². The van der Waals surface area contributed by atoms with E-state index in [1.807, 2.05) is 22.1 Å². The highest BCUT2D eigenvalue weighted by molar-refractivity contribution is 7.98. The van der Waals surface area contributed by atoms with Crippen molar-refractivity contribution in [3.05, 3.63) is 23.9 Å². The summed E-state index contributed by atoms with van der Waals surface area (Å²) in [5.41, 5.74) is 0.231. The van der Waals surface area contributed by atoms with Gasteiger partial charge in [0.25, 0.3) is 5.91 Å². The lowest BCUT2D eigenvalue weighted by Crippen LogP contribution is -2.39. The van der Waals surface area contributed by atoms with E-state index in [0.717, 1.165) is 24.4 Å². The summed E-state index contributed by atoms with van der Waals surface area (Å²) in [6, 6.07) is 3.60. The Kier molecular flexibility index (Phi) is 5.10. The Bertz CT molecular complexity index is 639. The molecular weight excluding hydrogens is 326 g/mol. The number of hydrogen-bond donors (Lipinski definition) is 0. The molecule has 0 aromatic carbocycles. The van der Waals surface area contributed by atoms with E-state index in [9.17, 15) is 9.59 Å². The molecule has 2 fully saturated rings. The smallest absolute Gasteiger partial charge is 0.256 e. The predicted molar refractivity (Wildman–Crippen MR) is 92.0 cm³/mol. The molecule has 1 aromatic heterocycles. The van der Waals surface area contributed by atoms with Crippen molar-refractivity contribution in [1.29, 1.82) is 0 Å². The van der Waals surface area contributed by atoms with Crippen LogP contribution in [0, 0.1) is 5.41 Å². The number of likely N-dealkylation sites (tertiary alicyclic amines) is 2. The molecule has 2 saturated heterocycles. The number of carbonyl (C=O) groups is 2. The molecule has 0 N–H and O–H groups in total. The fraction of sp³-hybridized carbons (Fsp3) is 0.588. The Labute approximate surface area is 146 Å². The first kappa shape index (κ1) is 17.2. The predicted octanol–water partition coefficient (Wildman–Crippen LogP) is 1.51. The maximum Gasteiger partial charge on any atom is 0.256 e. The highest BCUT2D eigenvalue weighted by atomic mass is 32.2. The van der Waals surface area contributed by atoms with Crippen LogP contribution >= 0.6 is 11.8 Å². The zero-order valence-electron chi connectivity index (χ0n) is 14.2. The second kappa shape index (κ2) is 7.11. The summed E-state index contributed by atoms with van der Waals surface area (Å²) in [7, 11) is 1.64.